The van der Waals surface area contributed by atoms with Crippen LogP contribution < -0.4 is 10.6 Å². The molecule has 1 saturated heterocycles. The summed E-state index contributed by atoms with van der Waals surface area (Å²) in [6.07, 6.45) is 8.97. The highest BCUT2D eigenvalue weighted by Gasteiger charge is 2.20. The third-order valence-electron chi connectivity index (χ3n) is 4.82. The lowest BCUT2D eigenvalue weighted by atomic mass is 10.1. The number of amides is 1. The zero-order chi connectivity index (χ0) is 19.5. The number of carbonyl (C=O) groups is 1. The van der Waals surface area contributed by atoms with Crippen molar-refractivity contribution in [3.05, 3.63) is 33.9 Å². The molecule has 0 radical (unpaired) electrons. The minimum absolute atomic E-state index is 0.0831. The van der Waals surface area contributed by atoms with Crippen molar-refractivity contribution in [2.75, 3.05) is 25.0 Å². The Balaban J connectivity index is 1.84. The summed E-state index contributed by atoms with van der Waals surface area (Å²) < 4.78 is 5.53. The number of nitrogens with one attached hydrogen (secondary N) is 2. The standard InChI is InChI=1S/C20H31N3O4/c1-2-3-4-5-6-7-12-21-20(24)16-10-11-18(19(14-16)23(25)26)22-15-17-9-8-13-27-17/h10-11,14,17,22H,2-9,12-13,15H2,1H3,(H,21,24)/t17-/m1/s1. The number of rotatable bonds is 12. The first-order chi connectivity index (χ1) is 13.1. The number of nitro benzene ring substituents is 1. The predicted octanol–water partition coefficient (Wildman–Crippen LogP) is 4.28. The Morgan fingerprint density at radius 1 is 1.26 bits per heavy atom. The van der Waals surface area contributed by atoms with Gasteiger partial charge in [-0.2, -0.15) is 0 Å². The zero-order valence-electron chi connectivity index (χ0n) is 16.2. The minimum atomic E-state index is -0.456. The fourth-order valence-electron chi connectivity index (χ4n) is 3.21. The lowest BCUT2D eigenvalue weighted by molar-refractivity contribution is -0.384. The number of carbonyl (C=O) groups excluding carboxylic acids is 1. The summed E-state index contributed by atoms with van der Waals surface area (Å²) in [7, 11) is 0. The van der Waals surface area contributed by atoms with E-state index in [2.05, 4.69) is 17.6 Å². The van der Waals surface area contributed by atoms with Crippen LogP contribution in [-0.4, -0.2) is 36.6 Å². The summed E-state index contributed by atoms with van der Waals surface area (Å²) in [5.41, 5.74) is 0.651. The van der Waals surface area contributed by atoms with E-state index in [1.165, 1.54) is 31.7 Å². The molecule has 1 amide bonds. The largest absolute Gasteiger partial charge is 0.377 e. The quantitative estimate of drug-likeness (QED) is 0.322. The van der Waals surface area contributed by atoms with Crippen molar-refractivity contribution in [3.63, 3.8) is 0 Å². The maximum Gasteiger partial charge on any atom is 0.293 e. The van der Waals surface area contributed by atoms with Gasteiger partial charge in [0.1, 0.15) is 5.69 Å². The minimum Gasteiger partial charge on any atom is -0.377 e. The molecule has 150 valence electrons. The van der Waals surface area contributed by atoms with Gasteiger partial charge in [-0.05, 0) is 31.4 Å². The van der Waals surface area contributed by atoms with Gasteiger partial charge < -0.3 is 15.4 Å². The summed E-state index contributed by atoms with van der Waals surface area (Å²) in [5, 5.41) is 17.3. The van der Waals surface area contributed by atoms with Crippen LogP contribution in [0.4, 0.5) is 11.4 Å². The Morgan fingerprint density at radius 2 is 2.04 bits per heavy atom. The van der Waals surface area contributed by atoms with Crippen LogP contribution in [0.3, 0.4) is 0 Å². The molecule has 0 aromatic heterocycles. The SMILES string of the molecule is CCCCCCCCNC(=O)c1ccc(NC[C@H]2CCCO2)c([N+](=O)[O-])c1. The van der Waals surface area contributed by atoms with Crippen LogP contribution >= 0.6 is 0 Å². The van der Waals surface area contributed by atoms with Crippen molar-refractivity contribution in [1.29, 1.82) is 0 Å². The van der Waals surface area contributed by atoms with Gasteiger partial charge >= 0.3 is 0 Å². The van der Waals surface area contributed by atoms with Crippen molar-refractivity contribution < 1.29 is 14.5 Å². The van der Waals surface area contributed by atoms with Gasteiger partial charge in [-0.1, -0.05) is 39.0 Å². The maximum absolute atomic E-state index is 12.3. The molecule has 0 saturated carbocycles. The lowest BCUT2D eigenvalue weighted by Crippen LogP contribution is -2.24. The molecule has 0 aliphatic carbocycles. The fourth-order valence-corrected chi connectivity index (χ4v) is 3.21. The molecule has 1 aromatic rings. The molecule has 1 atom stereocenters. The van der Waals surface area contributed by atoms with Crippen LogP contribution in [0.15, 0.2) is 18.2 Å². The van der Waals surface area contributed by atoms with Crippen molar-refractivity contribution in [3.8, 4) is 0 Å². The second-order valence-corrected chi connectivity index (χ2v) is 7.03. The van der Waals surface area contributed by atoms with Gasteiger partial charge in [0.2, 0.25) is 0 Å². The van der Waals surface area contributed by atoms with Crippen LogP contribution in [0, 0.1) is 10.1 Å². The first-order valence-electron chi connectivity index (χ1n) is 10.0. The van der Waals surface area contributed by atoms with E-state index >= 15 is 0 Å². The van der Waals surface area contributed by atoms with Crippen LogP contribution in [0.25, 0.3) is 0 Å². The molecule has 2 N–H and O–H groups in total. The van der Waals surface area contributed by atoms with Crippen LogP contribution in [0.5, 0.6) is 0 Å². The van der Waals surface area contributed by atoms with E-state index in [1.807, 2.05) is 0 Å². The molecule has 7 nitrogen and oxygen atoms in total. The zero-order valence-corrected chi connectivity index (χ0v) is 16.2. The fraction of sp³-hybridized carbons (Fsp3) is 0.650. The van der Waals surface area contributed by atoms with Crippen molar-refractivity contribution in [2.24, 2.45) is 0 Å². The highest BCUT2D eigenvalue weighted by Crippen LogP contribution is 2.26. The van der Waals surface area contributed by atoms with Crippen LogP contribution in [0.1, 0.15) is 68.6 Å². The molecule has 27 heavy (non-hydrogen) atoms. The van der Waals surface area contributed by atoms with Crippen molar-refractivity contribution in [2.45, 2.75) is 64.4 Å². The average molecular weight is 377 g/mol. The van der Waals surface area contributed by atoms with E-state index < -0.39 is 4.92 Å². The van der Waals surface area contributed by atoms with E-state index in [-0.39, 0.29) is 17.7 Å². The molecular formula is C20H31N3O4. The summed E-state index contributed by atoms with van der Waals surface area (Å²) in [4.78, 5) is 23.2. The van der Waals surface area contributed by atoms with Gasteiger partial charge in [0.25, 0.3) is 11.6 Å². The Kier molecular flexibility index (Phi) is 9.04. The highest BCUT2D eigenvalue weighted by molar-refractivity contribution is 5.95. The number of benzene rings is 1. The molecule has 1 aliphatic heterocycles. The first-order valence-corrected chi connectivity index (χ1v) is 10.0. The van der Waals surface area contributed by atoms with Crippen LogP contribution in [0.2, 0.25) is 0 Å². The summed E-state index contributed by atoms with van der Waals surface area (Å²) in [6.45, 7) is 4.05. The number of hydrogen-bond donors (Lipinski definition) is 2. The van der Waals surface area contributed by atoms with Gasteiger partial charge in [0, 0.05) is 31.3 Å². The smallest absolute Gasteiger partial charge is 0.293 e. The number of anilines is 1. The molecule has 0 spiro atoms. The molecule has 1 aliphatic rings. The number of unbranched alkanes of at least 4 members (excludes halogenated alkanes) is 5. The second kappa shape index (κ2) is 11.5. The highest BCUT2D eigenvalue weighted by atomic mass is 16.6. The van der Waals surface area contributed by atoms with Gasteiger partial charge in [0.05, 0.1) is 11.0 Å². The number of hydrogen-bond acceptors (Lipinski definition) is 5. The van der Waals surface area contributed by atoms with E-state index in [1.54, 1.807) is 12.1 Å². The predicted molar refractivity (Wildman–Crippen MR) is 106 cm³/mol. The Hall–Kier alpha value is -2.15. The molecule has 1 fully saturated rings. The Labute approximate surface area is 161 Å². The molecule has 1 heterocycles. The number of nitro groups is 1. The average Bonchev–Trinajstić information content (AvgIpc) is 3.19. The Morgan fingerprint density at radius 3 is 2.74 bits per heavy atom. The lowest BCUT2D eigenvalue weighted by Gasteiger charge is -2.13. The van der Waals surface area contributed by atoms with E-state index in [0.29, 0.717) is 24.3 Å². The van der Waals surface area contributed by atoms with Crippen LogP contribution in [-0.2, 0) is 4.74 Å². The number of ether oxygens (including phenoxy) is 1. The van der Waals surface area contributed by atoms with E-state index in [9.17, 15) is 14.9 Å². The third-order valence-corrected chi connectivity index (χ3v) is 4.82. The monoisotopic (exact) mass is 377 g/mol. The first kappa shape index (κ1) is 21.2. The molecular weight excluding hydrogens is 346 g/mol. The molecule has 1 aromatic carbocycles. The third kappa shape index (κ3) is 7.17. The number of nitrogens with zero attached hydrogens (tertiary/aromatic N) is 1. The second-order valence-electron chi connectivity index (χ2n) is 7.03. The molecule has 0 bridgehead atoms. The summed E-state index contributed by atoms with van der Waals surface area (Å²) in [6, 6.07) is 4.57. The van der Waals surface area contributed by atoms with Gasteiger partial charge in [0.15, 0.2) is 0 Å². The van der Waals surface area contributed by atoms with Gasteiger partial charge in [-0.3, -0.25) is 14.9 Å². The van der Waals surface area contributed by atoms with Crippen molar-refractivity contribution in [1.82, 2.24) is 5.32 Å². The van der Waals surface area contributed by atoms with E-state index in [0.717, 1.165) is 32.3 Å². The van der Waals surface area contributed by atoms with Gasteiger partial charge in [-0.25, -0.2) is 0 Å². The maximum atomic E-state index is 12.3. The van der Waals surface area contributed by atoms with Gasteiger partial charge in [-0.15, -0.1) is 0 Å². The Bertz CT molecular complexity index is 615. The van der Waals surface area contributed by atoms with E-state index in [4.69, 9.17) is 4.74 Å². The van der Waals surface area contributed by atoms with Crippen molar-refractivity contribution >= 4 is 17.3 Å². The summed E-state index contributed by atoms with van der Waals surface area (Å²) in [5.74, 6) is -0.266. The topological polar surface area (TPSA) is 93.5 Å². The molecule has 7 heteroatoms. The molecule has 0 unspecified atom stereocenters. The normalized spacial score (nSPS) is 16.3. The summed E-state index contributed by atoms with van der Waals surface area (Å²) >= 11 is 0. The molecule has 2 rings (SSSR count).